The van der Waals surface area contributed by atoms with Crippen LogP contribution in [0.4, 0.5) is 16.2 Å². The van der Waals surface area contributed by atoms with Gasteiger partial charge in [-0.05, 0) is 29.9 Å². The van der Waals surface area contributed by atoms with Crippen molar-refractivity contribution in [2.75, 3.05) is 11.9 Å². The van der Waals surface area contributed by atoms with Crippen LogP contribution >= 0.6 is 0 Å². The van der Waals surface area contributed by atoms with Crippen LogP contribution < -0.4 is 10.6 Å². The summed E-state index contributed by atoms with van der Waals surface area (Å²) in [4.78, 5) is 21.9. The van der Waals surface area contributed by atoms with Crippen molar-refractivity contribution < 1.29 is 9.72 Å². The van der Waals surface area contributed by atoms with E-state index in [0.29, 0.717) is 30.0 Å². The maximum absolute atomic E-state index is 11.8. The van der Waals surface area contributed by atoms with E-state index in [1.165, 1.54) is 24.3 Å². The number of nitrogens with one attached hydrogen (secondary N) is 2. The normalized spacial score (nSPS) is 11.0. The number of nitro groups is 1. The average Bonchev–Trinajstić information content (AvgIpc) is 2.38. The molecule has 1 aromatic carbocycles. The van der Waals surface area contributed by atoms with Gasteiger partial charge in [0, 0.05) is 24.4 Å². The van der Waals surface area contributed by atoms with Crippen LogP contribution in [-0.2, 0) is 0 Å². The topological polar surface area (TPSA) is 84.3 Å². The first-order chi connectivity index (χ1) is 9.81. The first-order valence-electron chi connectivity index (χ1n) is 7.10. The van der Waals surface area contributed by atoms with E-state index < -0.39 is 4.92 Å². The molecule has 0 spiro atoms. The average molecular weight is 293 g/mol. The van der Waals surface area contributed by atoms with Crippen molar-refractivity contribution in [2.45, 2.75) is 27.7 Å². The summed E-state index contributed by atoms with van der Waals surface area (Å²) in [6.07, 6.45) is 0. The summed E-state index contributed by atoms with van der Waals surface area (Å²) in [6.45, 7) is 9.16. The third-order valence-electron chi connectivity index (χ3n) is 3.55. The van der Waals surface area contributed by atoms with Gasteiger partial charge in [-0.2, -0.15) is 0 Å². The molecule has 0 aliphatic carbocycles. The molecule has 0 atom stereocenters. The lowest BCUT2D eigenvalue weighted by molar-refractivity contribution is -0.384. The molecule has 116 valence electrons. The predicted octanol–water partition coefficient (Wildman–Crippen LogP) is 3.64. The Bertz CT molecular complexity index is 475. The van der Waals surface area contributed by atoms with Gasteiger partial charge < -0.3 is 10.6 Å². The van der Waals surface area contributed by atoms with Gasteiger partial charge in [-0.1, -0.05) is 27.7 Å². The summed E-state index contributed by atoms with van der Waals surface area (Å²) in [5, 5.41) is 16.1. The highest BCUT2D eigenvalue weighted by Crippen LogP contribution is 2.19. The fourth-order valence-electron chi connectivity index (χ4n) is 2.29. The predicted molar refractivity (Wildman–Crippen MR) is 83.3 cm³/mol. The molecular weight excluding hydrogens is 270 g/mol. The SMILES string of the molecule is CC(C)C(CNC(=O)Nc1ccc([N+](=O)[O-])cc1)C(C)C. The van der Waals surface area contributed by atoms with E-state index in [1.807, 2.05) is 0 Å². The second kappa shape index (κ2) is 7.61. The largest absolute Gasteiger partial charge is 0.338 e. The van der Waals surface area contributed by atoms with Gasteiger partial charge in [0.25, 0.3) is 5.69 Å². The lowest BCUT2D eigenvalue weighted by atomic mass is 9.85. The van der Waals surface area contributed by atoms with Crippen LogP contribution in [0.25, 0.3) is 0 Å². The van der Waals surface area contributed by atoms with Gasteiger partial charge in [-0.15, -0.1) is 0 Å². The Morgan fingerprint density at radius 3 is 2.10 bits per heavy atom. The van der Waals surface area contributed by atoms with E-state index in [4.69, 9.17) is 0 Å². The smallest absolute Gasteiger partial charge is 0.319 e. The minimum Gasteiger partial charge on any atom is -0.338 e. The van der Waals surface area contributed by atoms with Gasteiger partial charge in [0.05, 0.1) is 4.92 Å². The van der Waals surface area contributed by atoms with Crippen molar-refractivity contribution in [1.29, 1.82) is 0 Å². The van der Waals surface area contributed by atoms with Gasteiger partial charge in [-0.25, -0.2) is 4.79 Å². The lowest BCUT2D eigenvalue weighted by Crippen LogP contribution is -2.36. The first-order valence-corrected chi connectivity index (χ1v) is 7.10. The van der Waals surface area contributed by atoms with Crippen LogP contribution in [0.1, 0.15) is 27.7 Å². The molecule has 0 aliphatic rings. The Labute approximate surface area is 125 Å². The molecule has 6 nitrogen and oxygen atoms in total. The molecule has 0 bridgehead atoms. The van der Waals surface area contributed by atoms with Gasteiger partial charge in [-0.3, -0.25) is 10.1 Å². The number of carbonyl (C=O) groups is 1. The van der Waals surface area contributed by atoms with Crippen LogP contribution in [0.15, 0.2) is 24.3 Å². The number of urea groups is 1. The second-order valence-electron chi connectivity index (χ2n) is 5.79. The zero-order valence-corrected chi connectivity index (χ0v) is 12.9. The summed E-state index contributed by atoms with van der Waals surface area (Å²) in [5.41, 5.74) is 0.532. The Kier molecular flexibility index (Phi) is 6.14. The van der Waals surface area contributed by atoms with Crippen LogP contribution in [0.5, 0.6) is 0 Å². The van der Waals surface area contributed by atoms with Crippen molar-refractivity contribution in [2.24, 2.45) is 17.8 Å². The molecule has 2 N–H and O–H groups in total. The fraction of sp³-hybridized carbons (Fsp3) is 0.533. The summed E-state index contributed by atoms with van der Waals surface area (Å²) < 4.78 is 0. The second-order valence-corrected chi connectivity index (χ2v) is 5.79. The van der Waals surface area contributed by atoms with Crippen LogP contribution in [0, 0.1) is 27.9 Å². The third kappa shape index (κ3) is 5.41. The van der Waals surface area contributed by atoms with E-state index in [9.17, 15) is 14.9 Å². The van der Waals surface area contributed by atoms with Crippen molar-refractivity contribution in [3.8, 4) is 0 Å². The number of benzene rings is 1. The molecule has 0 heterocycles. The molecule has 0 radical (unpaired) electrons. The monoisotopic (exact) mass is 293 g/mol. The minimum absolute atomic E-state index is 0.000591. The van der Waals surface area contributed by atoms with Crippen LogP contribution in [-0.4, -0.2) is 17.5 Å². The Hall–Kier alpha value is -2.11. The number of amides is 2. The fourth-order valence-corrected chi connectivity index (χ4v) is 2.29. The number of hydrogen-bond donors (Lipinski definition) is 2. The van der Waals surface area contributed by atoms with E-state index >= 15 is 0 Å². The maximum atomic E-state index is 11.8. The molecule has 6 heteroatoms. The Morgan fingerprint density at radius 1 is 1.14 bits per heavy atom. The number of nitro benzene ring substituents is 1. The number of rotatable bonds is 6. The molecule has 1 rings (SSSR count). The molecule has 0 unspecified atom stereocenters. The van der Waals surface area contributed by atoms with E-state index in [0.717, 1.165) is 0 Å². The van der Waals surface area contributed by atoms with Crippen molar-refractivity contribution in [3.05, 3.63) is 34.4 Å². The zero-order chi connectivity index (χ0) is 16.0. The third-order valence-corrected chi connectivity index (χ3v) is 3.55. The summed E-state index contributed by atoms with van der Waals surface area (Å²) in [5.74, 6) is 1.39. The summed E-state index contributed by atoms with van der Waals surface area (Å²) in [6, 6.07) is 5.46. The summed E-state index contributed by atoms with van der Waals surface area (Å²) >= 11 is 0. The molecule has 0 saturated carbocycles. The Balaban J connectivity index is 2.51. The highest BCUT2D eigenvalue weighted by atomic mass is 16.6. The highest BCUT2D eigenvalue weighted by Gasteiger charge is 2.18. The van der Waals surface area contributed by atoms with E-state index in [-0.39, 0.29) is 11.7 Å². The number of nitrogens with zero attached hydrogens (tertiary/aromatic N) is 1. The molecule has 21 heavy (non-hydrogen) atoms. The van der Waals surface area contributed by atoms with Gasteiger partial charge in [0.2, 0.25) is 0 Å². The maximum Gasteiger partial charge on any atom is 0.319 e. The molecule has 0 aromatic heterocycles. The quantitative estimate of drug-likeness (QED) is 0.620. The number of hydrogen-bond acceptors (Lipinski definition) is 3. The van der Waals surface area contributed by atoms with E-state index in [2.05, 4.69) is 38.3 Å². The molecule has 0 aliphatic heterocycles. The van der Waals surface area contributed by atoms with Gasteiger partial charge in [0.1, 0.15) is 0 Å². The minimum atomic E-state index is -0.472. The molecule has 0 fully saturated rings. The van der Waals surface area contributed by atoms with Crippen molar-refractivity contribution in [3.63, 3.8) is 0 Å². The molecule has 1 aromatic rings. The molecule has 2 amide bonds. The lowest BCUT2D eigenvalue weighted by Gasteiger charge is -2.25. The van der Waals surface area contributed by atoms with Crippen LogP contribution in [0.3, 0.4) is 0 Å². The van der Waals surface area contributed by atoms with Gasteiger partial charge >= 0.3 is 6.03 Å². The van der Waals surface area contributed by atoms with E-state index in [1.54, 1.807) is 0 Å². The standard InChI is InChI=1S/C15H23N3O3/c1-10(2)14(11(3)4)9-16-15(19)17-12-5-7-13(8-6-12)18(20)21/h5-8,10-11,14H,9H2,1-4H3,(H2,16,17,19). The zero-order valence-electron chi connectivity index (χ0n) is 12.9. The number of carbonyl (C=O) groups excluding carboxylic acids is 1. The number of anilines is 1. The highest BCUT2D eigenvalue weighted by molar-refractivity contribution is 5.89. The van der Waals surface area contributed by atoms with Gasteiger partial charge in [0.15, 0.2) is 0 Å². The van der Waals surface area contributed by atoms with Crippen molar-refractivity contribution >= 4 is 17.4 Å². The molecular formula is C15H23N3O3. The Morgan fingerprint density at radius 2 is 1.67 bits per heavy atom. The summed E-state index contributed by atoms with van der Waals surface area (Å²) in [7, 11) is 0. The number of non-ortho nitro benzene ring substituents is 1. The molecule has 0 saturated heterocycles. The van der Waals surface area contributed by atoms with Crippen molar-refractivity contribution in [1.82, 2.24) is 5.32 Å². The van der Waals surface area contributed by atoms with Crippen LogP contribution in [0.2, 0.25) is 0 Å². The first kappa shape index (κ1) is 16.9.